The fourth-order valence-electron chi connectivity index (χ4n) is 3.12. The molecule has 0 saturated carbocycles. The Bertz CT molecular complexity index is 598. The summed E-state index contributed by atoms with van der Waals surface area (Å²) < 4.78 is 27.5. The summed E-state index contributed by atoms with van der Waals surface area (Å²) in [5.41, 5.74) is 0.640. The van der Waals surface area contributed by atoms with E-state index in [9.17, 15) is 8.42 Å². The lowest BCUT2D eigenvalue weighted by Gasteiger charge is -2.37. The van der Waals surface area contributed by atoms with E-state index in [1.165, 1.54) is 19.3 Å². The monoisotopic (exact) mass is 358 g/mol. The summed E-state index contributed by atoms with van der Waals surface area (Å²) >= 11 is 6.06. The predicted molar refractivity (Wildman–Crippen MR) is 96.1 cm³/mol. The standard InChI is InChI=1S/C17H27ClN2O2S/c1-14(2)17(20-10-6-3-7-11-20)12-19-23(21,22)13-15-8-4-5-9-16(15)18/h4-5,8-9,14,17,19H,3,6-7,10-13H2,1-2H3. The van der Waals surface area contributed by atoms with E-state index in [1.54, 1.807) is 24.3 Å². The van der Waals surface area contributed by atoms with Crippen LogP contribution in [0.1, 0.15) is 38.7 Å². The van der Waals surface area contributed by atoms with Gasteiger partial charge in [0.05, 0.1) is 5.75 Å². The summed E-state index contributed by atoms with van der Waals surface area (Å²) in [6.45, 7) is 6.90. The topological polar surface area (TPSA) is 49.4 Å². The van der Waals surface area contributed by atoms with Crippen LogP contribution < -0.4 is 4.72 Å². The minimum Gasteiger partial charge on any atom is -0.299 e. The lowest BCUT2D eigenvalue weighted by molar-refractivity contribution is 0.130. The molecule has 130 valence electrons. The minimum atomic E-state index is -3.39. The molecule has 0 radical (unpaired) electrons. The molecular formula is C17H27ClN2O2S. The molecule has 0 aromatic heterocycles. The molecule has 0 spiro atoms. The van der Waals surface area contributed by atoms with Crippen LogP contribution in [-0.4, -0.2) is 39.0 Å². The second kappa shape index (κ2) is 8.47. The number of likely N-dealkylation sites (tertiary alicyclic amines) is 1. The fourth-order valence-corrected chi connectivity index (χ4v) is 4.59. The van der Waals surface area contributed by atoms with Crippen LogP contribution in [0.2, 0.25) is 5.02 Å². The number of sulfonamides is 1. The molecule has 1 saturated heterocycles. The normalized spacial score (nSPS) is 18.3. The van der Waals surface area contributed by atoms with Gasteiger partial charge >= 0.3 is 0 Å². The Kier molecular flexibility index (Phi) is 6.89. The molecule has 4 nitrogen and oxygen atoms in total. The van der Waals surface area contributed by atoms with Crippen LogP contribution in [0.15, 0.2) is 24.3 Å². The van der Waals surface area contributed by atoms with Crippen molar-refractivity contribution in [1.29, 1.82) is 0 Å². The maximum absolute atomic E-state index is 12.4. The van der Waals surface area contributed by atoms with E-state index in [0.29, 0.717) is 23.0 Å². The van der Waals surface area contributed by atoms with Gasteiger partial charge in [-0.15, -0.1) is 0 Å². The van der Waals surface area contributed by atoms with E-state index in [2.05, 4.69) is 23.5 Å². The van der Waals surface area contributed by atoms with Crippen LogP contribution in [0, 0.1) is 5.92 Å². The highest BCUT2D eigenvalue weighted by atomic mass is 35.5. The predicted octanol–water partition coefficient (Wildman–Crippen LogP) is 3.27. The number of halogens is 1. The van der Waals surface area contributed by atoms with E-state index in [4.69, 9.17) is 11.6 Å². The quantitative estimate of drug-likeness (QED) is 0.813. The SMILES string of the molecule is CC(C)C(CNS(=O)(=O)Cc1ccccc1Cl)N1CCCCC1. The Labute approximate surface area is 145 Å². The second-order valence-electron chi connectivity index (χ2n) is 6.61. The minimum absolute atomic E-state index is 0.0719. The molecule has 1 aliphatic heterocycles. The number of rotatable bonds is 7. The average Bonchev–Trinajstić information content (AvgIpc) is 2.50. The number of nitrogens with one attached hydrogen (secondary N) is 1. The maximum atomic E-state index is 12.4. The van der Waals surface area contributed by atoms with E-state index < -0.39 is 10.0 Å². The Morgan fingerprint density at radius 2 is 1.83 bits per heavy atom. The first kappa shape index (κ1) is 18.7. The Balaban J connectivity index is 1.97. The average molecular weight is 359 g/mol. The second-order valence-corrected chi connectivity index (χ2v) is 8.82. The van der Waals surface area contributed by atoms with Gasteiger partial charge in [0.2, 0.25) is 10.0 Å². The molecule has 6 heteroatoms. The van der Waals surface area contributed by atoms with Crippen molar-refractivity contribution in [1.82, 2.24) is 9.62 Å². The van der Waals surface area contributed by atoms with E-state index in [1.807, 2.05) is 0 Å². The first-order chi connectivity index (χ1) is 10.9. The number of benzene rings is 1. The first-order valence-corrected chi connectivity index (χ1v) is 10.4. The van der Waals surface area contributed by atoms with Crippen LogP contribution in [-0.2, 0) is 15.8 Å². The van der Waals surface area contributed by atoms with Crippen molar-refractivity contribution in [3.05, 3.63) is 34.9 Å². The lowest BCUT2D eigenvalue weighted by atomic mass is 9.99. The molecule has 1 aromatic rings. The van der Waals surface area contributed by atoms with Gasteiger partial charge in [0.15, 0.2) is 0 Å². The summed E-state index contributed by atoms with van der Waals surface area (Å²) in [4.78, 5) is 2.42. The summed E-state index contributed by atoms with van der Waals surface area (Å²) in [5, 5.41) is 0.495. The highest BCUT2D eigenvalue weighted by molar-refractivity contribution is 7.88. The molecule has 0 bridgehead atoms. The zero-order chi connectivity index (χ0) is 16.9. The lowest BCUT2D eigenvalue weighted by Crippen LogP contribution is -2.48. The molecular weight excluding hydrogens is 332 g/mol. The third-order valence-electron chi connectivity index (χ3n) is 4.44. The first-order valence-electron chi connectivity index (χ1n) is 8.34. The smallest absolute Gasteiger partial charge is 0.215 e. The number of hydrogen-bond acceptors (Lipinski definition) is 3. The molecule has 1 N–H and O–H groups in total. The summed E-state index contributed by atoms with van der Waals surface area (Å²) in [7, 11) is -3.39. The van der Waals surface area contributed by atoms with E-state index in [-0.39, 0.29) is 11.8 Å². The number of nitrogens with zero attached hydrogens (tertiary/aromatic N) is 1. The van der Waals surface area contributed by atoms with Crippen LogP contribution in [0.3, 0.4) is 0 Å². The highest BCUT2D eigenvalue weighted by Crippen LogP contribution is 2.19. The molecule has 1 fully saturated rings. The van der Waals surface area contributed by atoms with Gasteiger partial charge in [-0.3, -0.25) is 4.90 Å². The highest BCUT2D eigenvalue weighted by Gasteiger charge is 2.25. The van der Waals surface area contributed by atoms with Crippen molar-refractivity contribution in [3.8, 4) is 0 Å². The van der Waals surface area contributed by atoms with Gasteiger partial charge in [-0.2, -0.15) is 0 Å². The van der Waals surface area contributed by atoms with Gasteiger partial charge in [-0.05, 0) is 43.5 Å². The number of hydrogen-bond donors (Lipinski definition) is 1. The molecule has 1 aromatic carbocycles. The van der Waals surface area contributed by atoms with Crippen molar-refractivity contribution in [2.24, 2.45) is 5.92 Å². The van der Waals surface area contributed by atoms with Gasteiger partial charge in [0.25, 0.3) is 0 Å². The molecule has 1 heterocycles. The van der Waals surface area contributed by atoms with Crippen molar-refractivity contribution in [3.63, 3.8) is 0 Å². The van der Waals surface area contributed by atoms with Crippen LogP contribution in [0.5, 0.6) is 0 Å². The van der Waals surface area contributed by atoms with Gasteiger partial charge in [0.1, 0.15) is 0 Å². The van der Waals surface area contributed by atoms with Gasteiger partial charge < -0.3 is 0 Å². The van der Waals surface area contributed by atoms with Crippen molar-refractivity contribution < 1.29 is 8.42 Å². The summed E-state index contributed by atoms with van der Waals surface area (Å²) in [5.74, 6) is 0.341. The van der Waals surface area contributed by atoms with Crippen LogP contribution in [0.25, 0.3) is 0 Å². The zero-order valence-electron chi connectivity index (χ0n) is 14.0. The van der Waals surface area contributed by atoms with Crippen molar-refractivity contribution >= 4 is 21.6 Å². The Hall–Kier alpha value is -0.620. The van der Waals surface area contributed by atoms with Crippen molar-refractivity contribution in [2.75, 3.05) is 19.6 Å². The maximum Gasteiger partial charge on any atom is 0.215 e. The number of piperidine rings is 1. The molecule has 0 aliphatic carbocycles. The zero-order valence-corrected chi connectivity index (χ0v) is 15.5. The molecule has 0 amide bonds. The van der Waals surface area contributed by atoms with Gasteiger partial charge in [-0.1, -0.05) is 50.1 Å². The third-order valence-corrected chi connectivity index (χ3v) is 6.11. The Morgan fingerprint density at radius 3 is 2.43 bits per heavy atom. The largest absolute Gasteiger partial charge is 0.299 e. The molecule has 2 rings (SSSR count). The molecule has 23 heavy (non-hydrogen) atoms. The van der Waals surface area contributed by atoms with Gasteiger partial charge in [0, 0.05) is 17.6 Å². The molecule has 1 aliphatic rings. The fraction of sp³-hybridized carbons (Fsp3) is 0.647. The van der Waals surface area contributed by atoms with Crippen LogP contribution in [0.4, 0.5) is 0 Å². The summed E-state index contributed by atoms with van der Waals surface area (Å²) in [6.07, 6.45) is 3.69. The molecule has 1 atom stereocenters. The summed E-state index contributed by atoms with van der Waals surface area (Å²) in [6, 6.07) is 7.33. The van der Waals surface area contributed by atoms with Crippen LogP contribution >= 0.6 is 11.6 Å². The Morgan fingerprint density at radius 1 is 1.17 bits per heavy atom. The van der Waals surface area contributed by atoms with E-state index >= 15 is 0 Å². The third kappa shape index (κ3) is 5.75. The molecule has 1 unspecified atom stereocenters. The van der Waals surface area contributed by atoms with E-state index in [0.717, 1.165) is 13.1 Å². The van der Waals surface area contributed by atoms with Crippen molar-refractivity contribution in [2.45, 2.75) is 44.9 Å². The van der Waals surface area contributed by atoms with Gasteiger partial charge in [-0.25, -0.2) is 13.1 Å².